The highest BCUT2D eigenvalue weighted by Gasteiger charge is 2.12. The van der Waals surface area contributed by atoms with Crippen LogP contribution < -0.4 is 0 Å². The zero-order valence-electron chi connectivity index (χ0n) is 11.3. The van der Waals surface area contributed by atoms with Crippen LogP contribution in [-0.4, -0.2) is 76.1 Å². The Bertz CT molecular complexity index is 101. The molecular weight excluding hydrogens is 174 g/mol. The Morgan fingerprint density at radius 3 is 1.14 bits per heavy atom. The summed E-state index contributed by atoms with van der Waals surface area (Å²) in [7, 11) is 12.7. The molecule has 3 heteroatoms. The lowest BCUT2D eigenvalue weighted by Gasteiger charge is -2.29. The van der Waals surface area contributed by atoms with Crippen LogP contribution in [0.3, 0.4) is 0 Å². The summed E-state index contributed by atoms with van der Waals surface area (Å²) in [6.07, 6.45) is 0. The fourth-order valence-electron chi connectivity index (χ4n) is 1.23. The van der Waals surface area contributed by atoms with E-state index in [0.29, 0.717) is 6.04 Å². The normalized spacial score (nSPS) is 11.1. The number of rotatable bonds is 5. The maximum absolute atomic E-state index is 2.28. The molecule has 0 N–H and O–H groups in total. The van der Waals surface area contributed by atoms with Crippen LogP contribution in [-0.2, 0) is 0 Å². The fraction of sp³-hybridized carbons (Fsp3) is 1.00. The molecule has 0 aromatic heterocycles. The van der Waals surface area contributed by atoms with E-state index in [1.165, 1.54) is 0 Å². The average Bonchev–Trinajstić information content (AvgIpc) is 2.05. The van der Waals surface area contributed by atoms with Gasteiger partial charge in [0.15, 0.2) is 0 Å². The fourth-order valence-corrected chi connectivity index (χ4v) is 1.23. The minimum atomic E-state index is 0.620. The van der Waals surface area contributed by atoms with Crippen molar-refractivity contribution in [3.8, 4) is 0 Å². The first kappa shape index (κ1) is 16.3. The van der Waals surface area contributed by atoms with Gasteiger partial charge in [-0.05, 0) is 42.3 Å². The highest BCUT2D eigenvalue weighted by Crippen LogP contribution is 1.96. The van der Waals surface area contributed by atoms with E-state index in [9.17, 15) is 0 Å². The molecule has 0 radical (unpaired) electrons. The van der Waals surface area contributed by atoms with Gasteiger partial charge in [-0.3, -0.25) is 0 Å². The minimum Gasteiger partial charge on any atom is -0.308 e. The van der Waals surface area contributed by atoms with Crippen molar-refractivity contribution in [2.75, 3.05) is 55.4 Å². The first-order valence-electron chi connectivity index (χ1n) is 5.39. The quantitative estimate of drug-likeness (QED) is 0.662. The van der Waals surface area contributed by atoms with Gasteiger partial charge < -0.3 is 14.7 Å². The van der Waals surface area contributed by atoms with E-state index in [1.807, 2.05) is 13.8 Å². The molecule has 0 aliphatic heterocycles. The van der Waals surface area contributed by atoms with Crippen molar-refractivity contribution in [2.45, 2.75) is 19.9 Å². The van der Waals surface area contributed by atoms with Gasteiger partial charge in [-0.25, -0.2) is 0 Å². The van der Waals surface area contributed by atoms with Crippen LogP contribution >= 0.6 is 0 Å². The number of hydrogen-bond acceptors (Lipinski definition) is 3. The van der Waals surface area contributed by atoms with Crippen molar-refractivity contribution >= 4 is 0 Å². The predicted octanol–water partition coefficient (Wildman–Crippen LogP) is 1.07. The number of hydrogen-bond donors (Lipinski definition) is 0. The molecule has 0 unspecified atom stereocenters. The molecule has 0 rings (SSSR count). The van der Waals surface area contributed by atoms with E-state index in [1.54, 1.807) is 0 Å². The summed E-state index contributed by atoms with van der Waals surface area (Å²) < 4.78 is 0. The van der Waals surface area contributed by atoms with E-state index in [4.69, 9.17) is 0 Å². The molecule has 0 spiro atoms. The van der Waals surface area contributed by atoms with Gasteiger partial charge in [0.2, 0.25) is 0 Å². The molecule has 0 aliphatic carbocycles. The molecule has 0 atom stereocenters. The van der Waals surface area contributed by atoms with Crippen LogP contribution in [0.25, 0.3) is 0 Å². The summed E-state index contributed by atoms with van der Waals surface area (Å²) in [6.45, 7) is 6.23. The molecular formula is C11H29N3. The Balaban J connectivity index is 0. The van der Waals surface area contributed by atoms with Crippen molar-refractivity contribution in [3.05, 3.63) is 0 Å². The van der Waals surface area contributed by atoms with Gasteiger partial charge in [0.25, 0.3) is 0 Å². The molecule has 0 saturated heterocycles. The van der Waals surface area contributed by atoms with Crippen LogP contribution in [0.4, 0.5) is 0 Å². The summed E-state index contributed by atoms with van der Waals surface area (Å²) >= 11 is 0. The van der Waals surface area contributed by atoms with Crippen LogP contribution in [0, 0.1) is 0 Å². The lowest BCUT2D eigenvalue weighted by molar-refractivity contribution is 0.186. The number of likely N-dealkylation sites (N-methyl/N-ethyl adjacent to an activating group) is 3. The van der Waals surface area contributed by atoms with Crippen LogP contribution in [0.5, 0.6) is 0 Å². The Morgan fingerprint density at radius 1 is 0.714 bits per heavy atom. The second-order valence-electron chi connectivity index (χ2n) is 4.14. The molecule has 0 saturated carbocycles. The maximum Gasteiger partial charge on any atom is 0.0343 e. The molecule has 0 fully saturated rings. The topological polar surface area (TPSA) is 9.72 Å². The van der Waals surface area contributed by atoms with Gasteiger partial charge in [0, 0.05) is 19.1 Å². The molecule has 0 aromatic carbocycles. The van der Waals surface area contributed by atoms with E-state index < -0.39 is 0 Å². The van der Waals surface area contributed by atoms with Gasteiger partial charge in [-0.2, -0.15) is 0 Å². The van der Waals surface area contributed by atoms with Gasteiger partial charge in [-0.1, -0.05) is 13.8 Å². The first-order chi connectivity index (χ1) is 6.43. The van der Waals surface area contributed by atoms with Crippen molar-refractivity contribution in [2.24, 2.45) is 0 Å². The Morgan fingerprint density at radius 2 is 1.00 bits per heavy atom. The number of nitrogens with zero attached hydrogens (tertiary/aromatic N) is 3. The van der Waals surface area contributed by atoms with E-state index >= 15 is 0 Å². The molecule has 0 aliphatic rings. The Kier molecular flexibility index (Phi) is 11.0. The van der Waals surface area contributed by atoms with Gasteiger partial charge in [0.1, 0.15) is 0 Å². The van der Waals surface area contributed by atoms with E-state index in [0.717, 1.165) is 13.1 Å². The van der Waals surface area contributed by atoms with Crippen LogP contribution in [0.2, 0.25) is 0 Å². The highest BCUT2D eigenvalue weighted by atomic mass is 15.2. The molecule has 0 bridgehead atoms. The molecule has 14 heavy (non-hydrogen) atoms. The Hall–Kier alpha value is -0.120. The summed E-state index contributed by atoms with van der Waals surface area (Å²) in [5.74, 6) is 0. The maximum atomic E-state index is 2.28. The van der Waals surface area contributed by atoms with Crippen molar-refractivity contribution in [1.82, 2.24) is 14.7 Å². The lowest BCUT2D eigenvalue weighted by atomic mass is 10.2. The third-order valence-corrected chi connectivity index (χ3v) is 1.88. The molecule has 88 valence electrons. The van der Waals surface area contributed by atoms with Gasteiger partial charge in [-0.15, -0.1) is 0 Å². The molecule has 0 amide bonds. The third-order valence-electron chi connectivity index (χ3n) is 1.88. The molecule has 0 aromatic rings. The Labute approximate surface area is 90.7 Å². The van der Waals surface area contributed by atoms with Crippen LogP contribution in [0.15, 0.2) is 0 Å². The molecule has 0 heterocycles. The monoisotopic (exact) mass is 203 g/mol. The predicted molar refractivity (Wildman–Crippen MR) is 65.9 cm³/mol. The van der Waals surface area contributed by atoms with Crippen molar-refractivity contribution in [1.29, 1.82) is 0 Å². The SMILES string of the molecule is CC.CN(C)CC(CN(C)C)N(C)C. The zero-order valence-corrected chi connectivity index (χ0v) is 11.3. The van der Waals surface area contributed by atoms with Gasteiger partial charge in [0.05, 0.1) is 0 Å². The van der Waals surface area contributed by atoms with E-state index in [2.05, 4.69) is 57.0 Å². The minimum absolute atomic E-state index is 0.620. The second-order valence-corrected chi connectivity index (χ2v) is 4.14. The molecule has 3 nitrogen and oxygen atoms in total. The summed E-state index contributed by atoms with van der Waals surface area (Å²) in [4.78, 5) is 6.74. The summed E-state index contributed by atoms with van der Waals surface area (Å²) in [5.41, 5.74) is 0. The third kappa shape index (κ3) is 9.96. The van der Waals surface area contributed by atoms with E-state index in [-0.39, 0.29) is 0 Å². The van der Waals surface area contributed by atoms with Gasteiger partial charge >= 0.3 is 0 Å². The summed E-state index contributed by atoms with van der Waals surface area (Å²) in [5, 5.41) is 0. The summed E-state index contributed by atoms with van der Waals surface area (Å²) in [6, 6.07) is 0.620. The second kappa shape index (κ2) is 9.44. The van der Waals surface area contributed by atoms with Crippen molar-refractivity contribution in [3.63, 3.8) is 0 Å². The largest absolute Gasteiger partial charge is 0.308 e. The zero-order chi connectivity index (χ0) is 11.7. The average molecular weight is 203 g/mol. The smallest absolute Gasteiger partial charge is 0.0343 e. The van der Waals surface area contributed by atoms with Crippen molar-refractivity contribution < 1.29 is 0 Å². The first-order valence-corrected chi connectivity index (χ1v) is 5.39. The standard InChI is InChI=1S/C9H23N3.C2H6/c1-10(2)7-9(12(5)6)8-11(3)4;1-2/h9H,7-8H2,1-6H3;1-2H3. The highest BCUT2D eigenvalue weighted by molar-refractivity contribution is 4.71. The lowest BCUT2D eigenvalue weighted by Crippen LogP contribution is -2.44. The van der Waals surface area contributed by atoms with Crippen LogP contribution in [0.1, 0.15) is 13.8 Å².